The van der Waals surface area contributed by atoms with E-state index in [1.807, 2.05) is 127 Å². The molecule has 0 aliphatic rings. The van der Waals surface area contributed by atoms with Gasteiger partial charge in [-0.05, 0) is 136 Å². The molecule has 0 N–H and O–H groups in total. The maximum atomic E-state index is 15.0. The number of benzene rings is 5. The predicted octanol–water partition coefficient (Wildman–Crippen LogP) is 9.34. The average Bonchev–Trinajstić information content (AvgIpc) is 2.98. The molecule has 8 heteroatoms. The van der Waals surface area contributed by atoms with Crippen molar-refractivity contribution in [1.82, 2.24) is 0 Å². The summed E-state index contributed by atoms with van der Waals surface area (Å²) >= 11 is 0. The van der Waals surface area contributed by atoms with Crippen molar-refractivity contribution in [3.8, 4) is 34.5 Å². The molecule has 0 aliphatic carbocycles. The molecule has 0 aliphatic heterocycles. The van der Waals surface area contributed by atoms with Crippen LogP contribution in [0.4, 0.5) is 0 Å². The lowest BCUT2D eigenvalue weighted by Crippen LogP contribution is -2.29. The zero-order chi connectivity index (χ0) is 31.4. The summed E-state index contributed by atoms with van der Waals surface area (Å²) in [5, 5.41) is 2.21. The third kappa shape index (κ3) is 8.11. The number of hydrogen-bond acceptors (Lipinski definition) is 5. The Morgan fingerprint density at radius 1 is 0.386 bits per heavy atom. The van der Waals surface area contributed by atoms with Gasteiger partial charge in [0.2, 0.25) is 16.6 Å². The first kappa shape index (κ1) is 31.4. The molecule has 0 aromatic heterocycles. The molecule has 5 rings (SSSR count). The molecule has 0 fully saturated rings. The van der Waals surface area contributed by atoms with Gasteiger partial charge in [0, 0.05) is 15.9 Å². The van der Waals surface area contributed by atoms with Crippen LogP contribution in [0, 0.1) is 0 Å². The molecule has 0 heterocycles. The van der Waals surface area contributed by atoms with Crippen molar-refractivity contribution in [3.63, 3.8) is 0 Å². The van der Waals surface area contributed by atoms with E-state index in [1.54, 1.807) is 0 Å². The highest BCUT2D eigenvalue weighted by Crippen LogP contribution is 2.43. The molecule has 5 aromatic rings. The van der Waals surface area contributed by atoms with Crippen molar-refractivity contribution in [1.29, 1.82) is 0 Å². The van der Waals surface area contributed by atoms with Crippen molar-refractivity contribution in [2.24, 2.45) is 0 Å². The van der Waals surface area contributed by atoms with Crippen LogP contribution in [-0.4, -0.2) is 16.6 Å². The van der Waals surface area contributed by atoms with E-state index < -0.39 is 23.8 Å². The number of ether oxygens (including phenoxy) is 2. The van der Waals surface area contributed by atoms with Crippen molar-refractivity contribution in [2.45, 2.75) is 39.3 Å². The largest absolute Gasteiger partial charge is 0.544 e. The number of hydrogen-bond donors (Lipinski definition) is 0. The summed E-state index contributed by atoms with van der Waals surface area (Å²) in [4.78, 5) is 0. The molecule has 0 spiro atoms. The average molecular weight is 639 g/mol. The molecule has 5 aromatic carbocycles. The smallest absolute Gasteiger partial charge is 0.242 e. The van der Waals surface area contributed by atoms with Gasteiger partial charge in [-0.3, -0.25) is 0 Å². The second-order valence-electron chi connectivity index (χ2n) is 12.5. The lowest BCUT2D eigenvalue weighted by molar-refractivity contribution is 0.480. The highest BCUT2D eigenvalue weighted by molar-refractivity contribution is 7.85. The third-order valence-corrected chi connectivity index (χ3v) is 11.3. The molecule has 0 unspecified atom stereocenters. The second-order valence-corrected chi connectivity index (χ2v) is 24.1. The fourth-order valence-electron chi connectivity index (χ4n) is 4.66. The molecule has 44 heavy (non-hydrogen) atoms. The molecule has 0 atom stereocenters. The van der Waals surface area contributed by atoms with Crippen LogP contribution in [0.3, 0.4) is 0 Å². The Labute approximate surface area is 263 Å². The number of rotatable bonds is 11. The Balaban J connectivity index is 1.35. The quantitative estimate of drug-likeness (QED) is 0.107. The summed E-state index contributed by atoms with van der Waals surface area (Å²) in [6.45, 7) is 12.9. The van der Waals surface area contributed by atoms with Gasteiger partial charge in [-0.2, -0.15) is 0 Å². The second kappa shape index (κ2) is 12.9. The molecule has 226 valence electrons. The summed E-state index contributed by atoms with van der Waals surface area (Å²) in [6.07, 6.45) is 0. The van der Waals surface area contributed by atoms with E-state index in [1.165, 1.54) is 0 Å². The first-order valence-corrected chi connectivity index (χ1v) is 23.2. The first-order valence-electron chi connectivity index (χ1n) is 14.7. The van der Waals surface area contributed by atoms with Crippen molar-refractivity contribution < 1.29 is 22.9 Å². The minimum atomic E-state index is -3.17. The van der Waals surface area contributed by atoms with E-state index in [0.29, 0.717) is 23.0 Å². The minimum Gasteiger partial charge on any atom is -0.544 e. The molecular weight excluding hydrogens is 600 g/mol. The molecule has 0 bridgehead atoms. The van der Waals surface area contributed by atoms with Gasteiger partial charge in [-0.15, -0.1) is 0 Å². The van der Waals surface area contributed by atoms with Crippen LogP contribution in [-0.2, 0) is 4.57 Å². The summed E-state index contributed by atoms with van der Waals surface area (Å²) in [5.74, 6) is 4.44. The predicted molar refractivity (Wildman–Crippen MR) is 187 cm³/mol. The molecule has 5 nitrogen and oxygen atoms in total. The van der Waals surface area contributed by atoms with E-state index >= 15 is 0 Å². The Hall–Kier alpha value is -4.04. The van der Waals surface area contributed by atoms with Gasteiger partial charge in [-0.25, -0.2) is 0 Å². The van der Waals surface area contributed by atoms with Gasteiger partial charge in [0.25, 0.3) is 0 Å². The SMILES string of the molecule is C[Si](C)(C)Oc1ccc(Oc2ccc(P(=O)(c3ccccc3)c3ccc(Oc4ccc(O[Si](C)(C)C)cc4)cc3)cc2)cc1. The zero-order valence-corrected chi connectivity index (χ0v) is 29.0. The lowest BCUT2D eigenvalue weighted by atomic mass is 10.3. The summed E-state index contributed by atoms with van der Waals surface area (Å²) in [5.41, 5.74) is 0. The van der Waals surface area contributed by atoms with E-state index in [0.717, 1.165) is 27.4 Å². The summed E-state index contributed by atoms with van der Waals surface area (Å²) in [7, 11) is -6.53. The van der Waals surface area contributed by atoms with Gasteiger partial charge in [-0.1, -0.05) is 30.3 Å². The van der Waals surface area contributed by atoms with Crippen LogP contribution in [0.15, 0.2) is 127 Å². The topological polar surface area (TPSA) is 54.0 Å². The van der Waals surface area contributed by atoms with Gasteiger partial charge in [0.05, 0.1) is 0 Å². The van der Waals surface area contributed by atoms with Crippen molar-refractivity contribution in [3.05, 3.63) is 127 Å². The zero-order valence-electron chi connectivity index (χ0n) is 26.1. The van der Waals surface area contributed by atoms with Crippen LogP contribution in [0.25, 0.3) is 0 Å². The highest BCUT2D eigenvalue weighted by atomic mass is 31.2. The van der Waals surface area contributed by atoms with E-state index in [-0.39, 0.29) is 0 Å². The molecule has 0 amide bonds. The summed E-state index contributed by atoms with van der Waals surface area (Å²) < 4.78 is 39.2. The monoisotopic (exact) mass is 638 g/mol. The van der Waals surface area contributed by atoms with Gasteiger partial charge in [0.1, 0.15) is 34.5 Å². The van der Waals surface area contributed by atoms with Crippen LogP contribution < -0.4 is 34.2 Å². The van der Waals surface area contributed by atoms with Gasteiger partial charge < -0.3 is 22.9 Å². The van der Waals surface area contributed by atoms with E-state index in [9.17, 15) is 4.57 Å². The molecule has 0 saturated heterocycles. The summed E-state index contributed by atoms with van der Waals surface area (Å²) in [6, 6.07) is 39.9. The Kier molecular flexibility index (Phi) is 9.21. The molecular formula is C36H39O5PSi2. The van der Waals surface area contributed by atoms with Crippen molar-refractivity contribution in [2.75, 3.05) is 0 Å². The van der Waals surface area contributed by atoms with Crippen LogP contribution in [0.5, 0.6) is 34.5 Å². The van der Waals surface area contributed by atoms with Crippen molar-refractivity contribution >= 4 is 39.7 Å². The van der Waals surface area contributed by atoms with E-state index in [2.05, 4.69) is 39.3 Å². The third-order valence-electron chi connectivity index (χ3n) is 6.49. The van der Waals surface area contributed by atoms with Gasteiger partial charge >= 0.3 is 0 Å². The Morgan fingerprint density at radius 3 is 0.977 bits per heavy atom. The highest BCUT2D eigenvalue weighted by Gasteiger charge is 2.30. The standard InChI is InChI=1S/C36H39O5PSi2/c1-43(2,3)40-32-16-12-28(13-17-32)38-30-20-24-35(25-21-30)42(37,34-10-8-7-9-11-34)36-26-22-31(23-27-36)39-29-14-18-33(19-15-29)41-44(4,5)6/h7-27H,1-6H3. The van der Waals surface area contributed by atoms with Crippen LogP contribution >= 0.6 is 7.14 Å². The maximum Gasteiger partial charge on any atom is 0.242 e. The first-order chi connectivity index (χ1) is 20.9. The fraction of sp³-hybridized carbons (Fsp3) is 0.167. The van der Waals surface area contributed by atoms with Crippen LogP contribution in [0.1, 0.15) is 0 Å². The van der Waals surface area contributed by atoms with E-state index in [4.69, 9.17) is 18.3 Å². The maximum absolute atomic E-state index is 15.0. The molecule has 0 radical (unpaired) electrons. The van der Waals surface area contributed by atoms with Crippen LogP contribution in [0.2, 0.25) is 39.3 Å². The molecule has 0 saturated carbocycles. The minimum absolute atomic E-state index is 0.664. The fourth-order valence-corrected chi connectivity index (χ4v) is 8.97. The van der Waals surface area contributed by atoms with Gasteiger partial charge in [0.15, 0.2) is 7.14 Å². The Morgan fingerprint density at radius 2 is 0.659 bits per heavy atom. The normalized spacial score (nSPS) is 12.0. The Bertz CT molecular complexity index is 1600. The lowest BCUT2D eigenvalue weighted by Gasteiger charge is -2.21.